The highest BCUT2D eigenvalue weighted by atomic mass is 35.5. The molecule has 0 aliphatic heterocycles. The number of benzene rings is 2. The van der Waals surface area contributed by atoms with Crippen LogP contribution >= 0.6 is 11.6 Å². The molecular formula is C14H11ClO3. The minimum absolute atomic E-state index is 0.148. The van der Waals surface area contributed by atoms with Gasteiger partial charge in [0.15, 0.2) is 0 Å². The van der Waals surface area contributed by atoms with E-state index in [9.17, 15) is 9.90 Å². The van der Waals surface area contributed by atoms with Crippen LogP contribution in [0.1, 0.15) is 15.9 Å². The van der Waals surface area contributed by atoms with E-state index in [0.29, 0.717) is 21.9 Å². The predicted molar refractivity (Wildman–Crippen MR) is 69.3 cm³/mol. The van der Waals surface area contributed by atoms with Crippen LogP contribution in [-0.4, -0.2) is 11.4 Å². The van der Waals surface area contributed by atoms with Gasteiger partial charge in [-0.3, -0.25) is 4.79 Å². The largest absolute Gasteiger partial charge is 0.508 e. The van der Waals surface area contributed by atoms with Gasteiger partial charge in [0.1, 0.15) is 24.4 Å². The molecule has 0 radical (unpaired) electrons. The molecule has 2 rings (SSSR count). The number of hydrogen-bond acceptors (Lipinski definition) is 3. The molecule has 0 atom stereocenters. The van der Waals surface area contributed by atoms with Crippen LogP contribution in [0.3, 0.4) is 0 Å². The van der Waals surface area contributed by atoms with Crippen molar-refractivity contribution in [2.24, 2.45) is 0 Å². The molecule has 0 unspecified atom stereocenters. The monoisotopic (exact) mass is 262 g/mol. The Bertz CT molecular complexity index is 549. The number of phenolic OH excluding ortho intramolecular Hbond substituents is 1. The maximum absolute atomic E-state index is 10.5. The zero-order valence-electron chi connectivity index (χ0n) is 9.47. The van der Waals surface area contributed by atoms with Crippen LogP contribution in [0.25, 0.3) is 0 Å². The highest BCUT2D eigenvalue weighted by molar-refractivity contribution is 6.31. The number of aromatic hydroxyl groups is 1. The van der Waals surface area contributed by atoms with E-state index in [0.717, 1.165) is 6.29 Å². The van der Waals surface area contributed by atoms with Gasteiger partial charge in [-0.25, -0.2) is 0 Å². The molecule has 2 aromatic rings. The number of carbonyl (C=O) groups is 1. The Kier molecular flexibility index (Phi) is 3.85. The van der Waals surface area contributed by atoms with E-state index in [1.54, 1.807) is 36.4 Å². The summed E-state index contributed by atoms with van der Waals surface area (Å²) in [5.41, 5.74) is 1.30. The molecule has 0 amide bonds. The van der Waals surface area contributed by atoms with Gasteiger partial charge in [-0.05, 0) is 42.5 Å². The summed E-state index contributed by atoms with van der Waals surface area (Å²) in [6.07, 6.45) is 0.774. The molecule has 0 aliphatic rings. The highest BCUT2D eigenvalue weighted by Gasteiger charge is 2.03. The van der Waals surface area contributed by atoms with Crippen molar-refractivity contribution in [3.63, 3.8) is 0 Å². The number of hydrogen-bond donors (Lipinski definition) is 1. The van der Waals surface area contributed by atoms with E-state index in [1.165, 1.54) is 6.07 Å². The van der Waals surface area contributed by atoms with Crippen molar-refractivity contribution < 1.29 is 14.6 Å². The summed E-state index contributed by atoms with van der Waals surface area (Å²) in [5.74, 6) is 0.786. The van der Waals surface area contributed by atoms with Gasteiger partial charge in [0.2, 0.25) is 0 Å². The van der Waals surface area contributed by atoms with E-state index >= 15 is 0 Å². The van der Waals surface area contributed by atoms with Gasteiger partial charge in [0, 0.05) is 16.1 Å². The molecule has 2 aromatic carbocycles. The molecule has 0 aliphatic carbocycles. The second-order valence-electron chi connectivity index (χ2n) is 3.75. The van der Waals surface area contributed by atoms with Crippen LogP contribution in [0.4, 0.5) is 0 Å². The molecule has 4 heteroatoms. The first-order valence-corrected chi connectivity index (χ1v) is 5.72. The van der Waals surface area contributed by atoms with Crippen molar-refractivity contribution in [3.05, 3.63) is 58.6 Å². The van der Waals surface area contributed by atoms with Gasteiger partial charge in [-0.2, -0.15) is 0 Å². The van der Waals surface area contributed by atoms with Crippen molar-refractivity contribution in [2.45, 2.75) is 6.61 Å². The van der Waals surface area contributed by atoms with Crippen molar-refractivity contribution in [1.29, 1.82) is 0 Å². The first-order valence-electron chi connectivity index (χ1n) is 5.34. The first-order chi connectivity index (χ1) is 8.69. The number of ether oxygens (including phenoxy) is 1. The van der Waals surface area contributed by atoms with Crippen LogP contribution in [0.5, 0.6) is 11.5 Å². The van der Waals surface area contributed by atoms with Gasteiger partial charge in [-0.15, -0.1) is 0 Å². The number of aldehydes is 1. The normalized spacial score (nSPS) is 10.1. The van der Waals surface area contributed by atoms with Crippen LogP contribution < -0.4 is 4.74 Å². The van der Waals surface area contributed by atoms with Crippen molar-refractivity contribution >= 4 is 17.9 Å². The second-order valence-corrected chi connectivity index (χ2v) is 4.16. The van der Waals surface area contributed by atoms with Crippen LogP contribution in [0, 0.1) is 0 Å². The number of carbonyl (C=O) groups excluding carboxylic acids is 1. The maximum Gasteiger partial charge on any atom is 0.150 e. The Morgan fingerprint density at radius 2 is 1.89 bits per heavy atom. The standard InChI is InChI=1S/C14H11ClO3/c15-14-6-3-12(17)7-11(14)9-18-13-4-1-10(8-16)2-5-13/h1-8,17H,9H2. The fraction of sp³-hybridized carbons (Fsp3) is 0.0714. The lowest BCUT2D eigenvalue weighted by atomic mass is 10.2. The quantitative estimate of drug-likeness (QED) is 0.859. The molecule has 3 nitrogen and oxygen atoms in total. The topological polar surface area (TPSA) is 46.5 Å². The molecule has 0 saturated heterocycles. The lowest BCUT2D eigenvalue weighted by molar-refractivity contribution is 0.112. The van der Waals surface area contributed by atoms with E-state index in [-0.39, 0.29) is 12.4 Å². The average molecular weight is 263 g/mol. The molecule has 0 bridgehead atoms. The zero-order valence-corrected chi connectivity index (χ0v) is 10.2. The SMILES string of the molecule is O=Cc1ccc(OCc2cc(O)ccc2Cl)cc1. The van der Waals surface area contributed by atoms with Crippen molar-refractivity contribution in [3.8, 4) is 11.5 Å². The van der Waals surface area contributed by atoms with Gasteiger partial charge >= 0.3 is 0 Å². The Morgan fingerprint density at radius 1 is 1.17 bits per heavy atom. The third kappa shape index (κ3) is 3.02. The van der Waals surface area contributed by atoms with Gasteiger partial charge in [0.05, 0.1) is 0 Å². The maximum atomic E-state index is 10.5. The summed E-state index contributed by atoms with van der Waals surface area (Å²) in [6.45, 7) is 0.258. The Morgan fingerprint density at radius 3 is 2.56 bits per heavy atom. The van der Waals surface area contributed by atoms with E-state index in [4.69, 9.17) is 16.3 Å². The molecule has 18 heavy (non-hydrogen) atoms. The third-order valence-electron chi connectivity index (χ3n) is 2.44. The molecule has 0 spiro atoms. The fourth-order valence-corrected chi connectivity index (χ4v) is 1.65. The lowest BCUT2D eigenvalue weighted by Crippen LogP contribution is -1.96. The van der Waals surface area contributed by atoms with Crippen molar-refractivity contribution in [1.82, 2.24) is 0 Å². The van der Waals surface area contributed by atoms with Gasteiger partial charge < -0.3 is 9.84 Å². The smallest absolute Gasteiger partial charge is 0.150 e. The van der Waals surface area contributed by atoms with E-state index in [2.05, 4.69) is 0 Å². The van der Waals surface area contributed by atoms with Crippen LogP contribution in [0.15, 0.2) is 42.5 Å². The van der Waals surface area contributed by atoms with Crippen molar-refractivity contribution in [2.75, 3.05) is 0 Å². The van der Waals surface area contributed by atoms with Crippen LogP contribution in [0.2, 0.25) is 5.02 Å². The Labute approximate surface area is 110 Å². The predicted octanol–water partition coefficient (Wildman–Crippen LogP) is 3.44. The molecule has 92 valence electrons. The molecule has 0 saturated carbocycles. The summed E-state index contributed by atoms with van der Waals surface area (Å²) >= 11 is 5.97. The van der Waals surface area contributed by atoms with Gasteiger partial charge in [0.25, 0.3) is 0 Å². The van der Waals surface area contributed by atoms with Gasteiger partial charge in [-0.1, -0.05) is 11.6 Å². The van der Waals surface area contributed by atoms with E-state index in [1.807, 2.05) is 0 Å². The molecular weight excluding hydrogens is 252 g/mol. The number of phenols is 1. The first kappa shape index (κ1) is 12.5. The minimum atomic E-state index is 0.148. The molecule has 0 aromatic heterocycles. The molecule has 1 N–H and O–H groups in total. The minimum Gasteiger partial charge on any atom is -0.508 e. The highest BCUT2D eigenvalue weighted by Crippen LogP contribution is 2.23. The summed E-state index contributed by atoms with van der Waals surface area (Å²) in [6, 6.07) is 11.5. The second kappa shape index (κ2) is 5.56. The zero-order chi connectivity index (χ0) is 13.0. The summed E-state index contributed by atoms with van der Waals surface area (Å²) in [5, 5.41) is 9.89. The number of halogens is 1. The van der Waals surface area contributed by atoms with E-state index < -0.39 is 0 Å². The summed E-state index contributed by atoms with van der Waals surface area (Å²) in [7, 11) is 0. The number of rotatable bonds is 4. The van der Waals surface area contributed by atoms with Crippen LogP contribution in [-0.2, 0) is 6.61 Å². The molecule has 0 fully saturated rings. The lowest BCUT2D eigenvalue weighted by Gasteiger charge is -2.08. The summed E-state index contributed by atoms with van der Waals surface area (Å²) < 4.78 is 5.52. The molecule has 0 heterocycles. The Hall–Kier alpha value is -2.00. The average Bonchev–Trinajstić information content (AvgIpc) is 2.40. The fourth-order valence-electron chi connectivity index (χ4n) is 1.48. The Balaban J connectivity index is 2.06. The summed E-state index contributed by atoms with van der Waals surface area (Å²) in [4.78, 5) is 10.5. The third-order valence-corrected chi connectivity index (χ3v) is 2.81.